The van der Waals surface area contributed by atoms with Gasteiger partial charge in [-0.1, -0.05) is 158 Å². The highest BCUT2D eigenvalue weighted by molar-refractivity contribution is 5.65. The van der Waals surface area contributed by atoms with Gasteiger partial charge in [0.1, 0.15) is 0 Å². The number of ether oxygens (including phenoxy) is 1. The van der Waals surface area contributed by atoms with Crippen molar-refractivity contribution >= 4 is 0 Å². The van der Waals surface area contributed by atoms with E-state index in [2.05, 4.69) is 141 Å². The van der Waals surface area contributed by atoms with Gasteiger partial charge < -0.3 is 4.74 Å². The molecular weight excluding hydrogens is 569 g/mol. The van der Waals surface area contributed by atoms with Crippen molar-refractivity contribution in [3.8, 4) is 0 Å². The summed E-state index contributed by atoms with van der Waals surface area (Å²) < 4.78 is 6.54. The molecule has 1 aromatic carbocycles. The van der Waals surface area contributed by atoms with Crippen molar-refractivity contribution in [3.05, 3.63) is 82.2 Å². The molecule has 0 spiro atoms. The Morgan fingerprint density at radius 2 is 1.47 bits per heavy atom. The molecule has 1 nitrogen and oxygen atoms in total. The first-order chi connectivity index (χ1) is 21.5. The summed E-state index contributed by atoms with van der Waals surface area (Å²) in [5, 5.41) is 0. The van der Waals surface area contributed by atoms with Crippen LogP contribution in [0.25, 0.3) is 0 Å². The molecule has 0 fully saturated rings. The molecule has 0 radical (unpaired) electrons. The Morgan fingerprint density at radius 1 is 0.872 bits per heavy atom. The zero-order chi connectivity index (χ0) is 36.0. The van der Waals surface area contributed by atoms with Crippen molar-refractivity contribution in [1.82, 2.24) is 0 Å². The van der Waals surface area contributed by atoms with E-state index in [1.807, 2.05) is 0 Å². The average molecular weight is 645 g/mol. The van der Waals surface area contributed by atoms with Gasteiger partial charge in [-0.15, -0.1) is 0 Å². The second-order valence-corrected chi connectivity index (χ2v) is 18.8. The number of rotatable bonds is 18. The van der Waals surface area contributed by atoms with E-state index >= 15 is 0 Å². The molecule has 1 atom stereocenters. The van der Waals surface area contributed by atoms with Gasteiger partial charge in [0.2, 0.25) is 0 Å². The minimum Gasteiger partial charge on any atom is -0.498 e. The summed E-state index contributed by atoms with van der Waals surface area (Å²) in [7, 11) is 0. The molecule has 0 amide bonds. The van der Waals surface area contributed by atoms with Crippen molar-refractivity contribution in [2.75, 3.05) is 6.61 Å². The molecule has 2 rings (SSSR count). The van der Waals surface area contributed by atoms with Crippen molar-refractivity contribution in [3.63, 3.8) is 0 Å². The highest BCUT2D eigenvalue weighted by Gasteiger charge is 2.45. The lowest BCUT2D eigenvalue weighted by molar-refractivity contribution is 0.0616. The van der Waals surface area contributed by atoms with Crippen molar-refractivity contribution < 1.29 is 4.74 Å². The van der Waals surface area contributed by atoms with E-state index in [-0.39, 0.29) is 27.1 Å². The number of benzene rings is 1. The van der Waals surface area contributed by atoms with Crippen LogP contribution in [0.3, 0.4) is 0 Å². The third kappa shape index (κ3) is 11.3. The molecule has 0 bridgehead atoms. The third-order valence-electron chi connectivity index (χ3n) is 11.0. The smallest absolute Gasteiger partial charge is 0.0933 e. The van der Waals surface area contributed by atoms with E-state index in [1.165, 1.54) is 59.9 Å². The fraction of sp³-hybridized carbons (Fsp3) is 0.696. The average Bonchev–Trinajstić information content (AvgIpc) is 3.49. The van der Waals surface area contributed by atoms with Gasteiger partial charge in [0.05, 0.1) is 12.4 Å². The van der Waals surface area contributed by atoms with Gasteiger partial charge in [0.15, 0.2) is 0 Å². The number of fused-ring (bicyclic) bond motifs is 1. The molecular formula is C46H76O. The molecule has 0 saturated heterocycles. The highest BCUT2D eigenvalue weighted by atomic mass is 16.5. The number of hydrogen-bond acceptors (Lipinski definition) is 1. The van der Waals surface area contributed by atoms with Gasteiger partial charge in [-0.2, -0.15) is 0 Å². The molecule has 266 valence electrons. The zero-order valence-corrected chi connectivity index (χ0v) is 34.0. The Balaban J connectivity index is 2.07. The van der Waals surface area contributed by atoms with Gasteiger partial charge in [0, 0.05) is 17.3 Å². The normalized spacial score (nSPS) is 16.1. The number of aryl methyl sites for hydroxylation is 1. The molecule has 1 unspecified atom stereocenters. The minimum absolute atomic E-state index is 0.116. The first kappa shape index (κ1) is 41.2. The molecule has 0 aliphatic heterocycles. The predicted molar refractivity (Wildman–Crippen MR) is 210 cm³/mol. The van der Waals surface area contributed by atoms with Crippen LogP contribution in [-0.2, 0) is 22.0 Å². The van der Waals surface area contributed by atoms with Crippen molar-refractivity contribution in [2.24, 2.45) is 22.2 Å². The van der Waals surface area contributed by atoms with Crippen LogP contribution >= 0.6 is 0 Å². The lowest BCUT2D eigenvalue weighted by atomic mass is 9.70. The molecule has 1 aromatic rings. The zero-order valence-electron chi connectivity index (χ0n) is 34.0. The first-order valence-corrected chi connectivity index (χ1v) is 19.1. The monoisotopic (exact) mass is 645 g/mol. The quantitative estimate of drug-likeness (QED) is 0.0877. The van der Waals surface area contributed by atoms with Crippen LogP contribution in [0.1, 0.15) is 184 Å². The topological polar surface area (TPSA) is 9.23 Å². The Labute approximate surface area is 293 Å². The summed E-state index contributed by atoms with van der Waals surface area (Å²) in [4.78, 5) is 0. The van der Waals surface area contributed by atoms with E-state index in [1.54, 1.807) is 11.1 Å². The van der Waals surface area contributed by atoms with Crippen LogP contribution in [0.2, 0.25) is 0 Å². The largest absolute Gasteiger partial charge is 0.498 e. The van der Waals surface area contributed by atoms with Crippen LogP contribution in [0, 0.1) is 22.2 Å². The van der Waals surface area contributed by atoms with Crippen LogP contribution in [0.5, 0.6) is 0 Å². The third-order valence-corrected chi connectivity index (χ3v) is 11.0. The van der Waals surface area contributed by atoms with Gasteiger partial charge in [0.25, 0.3) is 0 Å². The first-order valence-electron chi connectivity index (χ1n) is 19.1. The summed E-state index contributed by atoms with van der Waals surface area (Å²) in [6, 6.07) is 4.89. The fourth-order valence-corrected chi connectivity index (χ4v) is 8.33. The van der Waals surface area contributed by atoms with Crippen molar-refractivity contribution in [1.29, 1.82) is 0 Å². The maximum Gasteiger partial charge on any atom is 0.0933 e. The summed E-state index contributed by atoms with van der Waals surface area (Å²) in [5.41, 5.74) is 11.3. The molecule has 47 heavy (non-hydrogen) atoms. The SMILES string of the molecule is C=C(C/C=C/C(=C(/C)C(CC)C(C)(C)C)C(C)(C)C)CCC(CCC)(CCC)COC(=C)CCc1cc(C(C)(C)C)c2c(c1)C2(C)C. The molecule has 1 aliphatic carbocycles. The minimum atomic E-state index is 0.116. The summed E-state index contributed by atoms with van der Waals surface area (Å²) in [6.45, 7) is 45.0. The molecule has 0 N–H and O–H groups in total. The van der Waals surface area contributed by atoms with Gasteiger partial charge in [-0.25, -0.2) is 0 Å². The molecule has 1 aliphatic rings. The highest BCUT2D eigenvalue weighted by Crippen LogP contribution is 2.54. The summed E-state index contributed by atoms with van der Waals surface area (Å²) in [5.74, 6) is 1.51. The number of hydrogen-bond donors (Lipinski definition) is 0. The fourth-order valence-electron chi connectivity index (χ4n) is 8.33. The second kappa shape index (κ2) is 16.1. The Hall–Kier alpha value is -2.02. The van der Waals surface area contributed by atoms with Crippen LogP contribution in [-0.4, -0.2) is 6.61 Å². The van der Waals surface area contributed by atoms with Crippen LogP contribution in [0.15, 0.2) is 59.9 Å². The van der Waals surface area contributed by atoms with Gasteiger partial charge in [-0.05, 0) is 102 Å². The molecule has 0 aromatic heterocycles. The summed E-state index contributed by atoms with van der Waals surface area (Å²) in [6.07, 6.45) is 15.7. The summed E-state index contributed by atoms with van der Waals surface area (Å²) >= 11 is 0. The standard InChI is InChI=1S/C46H76O/c1-18-27-46(28-19-2,29-26-33(4)22-21-23-38(43(10,11)12)35(6)37(20-3)42(7,8)9)32-47-34(5)24-25-36-30-39(44(13,14)15)41-40(31-36)45(41,16)17/h21,23,30-31,37H,4-5,18-20,22,24-29,32H2,1-3,6-17H3/b23-21+,38-35+. The Kier molecular flexibility index (Phi) is 14.1. The Morgan fingerprint density at radius 3 is 1.96 bits per heavy atom. The van der Waals surface area contributed by atoms with Crippen LogP contribution in [0.4, 0.5) is 0 Å². The Bertz CT molecular complexity index is 1270. The van der Waals surface area contributed by atoms with E-state index < -0.39 is 0 Å². The maximum atomic E-state index is 6.54. The maximum absolute atomic E-state index is 6.54. The lowest BCUT2D eigenvalue weighted by Crippen LogP contribution is -2.27. The molecule has 1 heteroatoms. The van der Waals surface area contributed by atoms with Crippen LogP contribution < -0.4 is 0 Å². The van der Waals surface area contributed by atoms with Crippen molar-refractivity contribution in [2.45, 2.75) is 179 Å². The molecule has 0 heterocycles. The lowest BCUT2D eigenvalue weighted by Gasteiger charge is -2.35. The van der Waals surface area contributed by atoms with E-state index in [9.17, 15) is 0 Å². The number of allylic oxidation sites excluding steroid dienone is 6. The molecule has 0 saturated carbocycles. The van der Waals surface area contributed by atoms with E-state index in [0.29, 0.717) is 5.92 Å². The predicted octanol–water partition coefficient (Wildman–Crippen LogP) is 14.4. The van der Waals surface area contributed by atoms with E-state index in [0.717, 1.165) is 44.5 Å². The van der Waals surface area contributed by atoms with Gasteiger partial charge >= 0.3 is 0 Å². The van der Waals surface area contributed by atoms with E-state index in [4.69, 9.17) is 4.74 Å². The second-order valence-electron chi connectivity index (χ2n) is 18.8. The van der Waals surface area contributed by atoms with Gasteiger partial charge in [-0.3, -0.25) is 0 Å².